The average molecular weight is 798 g/mol. The summed E-state index contributed by atoms with van der Waals surface area (Å²) in [6, 6.07) is -9.57. The molecule has 306 valence electrons. The van der Waals surface area contributed by atoms with Crippen LogP contribution in [0.1, 0.15) is 51.6 Å². The Labute approximate surface area is 321 Å². The van der Waals surface area contributed by atoms with Crippen LogP contribution in [0.15, 0.2) is 17.5 Å². The van der Waals surface area contributed by atoms with Gasteiger partial charge in [0.05, 0.1) is 25.5 Å². The molecule has 23 heteroatoms. The van der Waals surface area contributed by atoms with Gasteiger partial charge in [0.1, 0.15) is 42.3 Å². The van der Waals surface area contributed by atoms with E-state index in [2.05, 4.69) is 59.5 Å². The molecule has 0 fully saturated rings. The maximum Gasteiger partial charge on any atom is 0.328 e. The van der Waals surface area contributed by atoms with Gasteiger partial charge in [0, 0.05) is 36.8 Å². The molecule has 55 heavy (non-hydrogen) atoms. The lowest BCUT2D eigenvalue weighted by atomic mass is 10.0. The number of carboxylic acid groups (broad SMARTS) is 1. The number of aliphatic imine (C=N–C) groups is 1. The number of carbonyl (C=O) groups excluding carboxylic acids is 7. The third kappa shape index (κ3) is 15.3. The van der Waals surface area contributed by atoms with E-state index in [0.29, 0.717) is 18.5 Å². The number of H-pyrrole nitrogens is 1. The number of thiol groups is 1. The third-order valence-corrected chi connectivity index (χ3v) is 8.85. The Morgan fingerprint density at radius 3 is 2.04 bits per heavy atom. The zero-order chi connectivity index (χ0) is 41.2. The van der Waals surface area contributed by atoms with Crippen LogP contribution in [0, 0.1) is 5.92 Å². The monoisotopic (exact) mass is 797 g/mol. The van der Waals surface area contributed by atoms with Crippen molar-refractivity contribution in [3.63, 3.8) is 0 Å². The van der Waals surface area contributed by atoms with Crippen molar-refractivity contribution in [3.05, 3.63) is 18.2 Å². The van der Waals surface area contributed by atoms with Gasteiger partial charge in [0.25, 0.3) is 0 Å². The van der Waals surface area contributed by atoms with Crippen LogP contribution in [0.2, 0.25) is 0 Å². The van der Waals surface area contributed by atoms with Gasteiger partial charge in [0.15, 0.2) is 0 Å². The quantitative estimate of drug-likeness (QED) is 0.0344. The lowest BCUT2D eigenvalue weighted by molar-refractivity contribution is -0.143. The van der Waals surface area contributed by atoms with Crippen LogP contribution in [-0.2, 0) is 44.8 Å². The Morgan fingerprint density at radius 2 is 1.49 bits per heavy atom. The molecule has 0 radical (unpaired) electrons. The molecule has 9 atom stereocenters. The molecule has 0 bridgehead atoms. The Kier molecular flexibility index (Phi) is 19.2. The molecule has 1 aliphatic heterocycles. The molecule has 0 spiro atoms. The van der Waals surface area contributed by atoms with Gasteiger partial charge in [-0.3, -0.25) is 38.6 Å². The first kappa shape index (κ1) is 46.0. The highest BCUT2D eigenvalue weighted by atomic mass is 32.1. The van der Waals surface area contributed by atoms with Crippen LogP contribution < -0.4 is 43.4 Å². The number of carbonyl (C=O) groups is 8. The number of aliphatic hydroxyl groups is 2. The standard InChI is InChI=1S/C32H51N11O11S/c1-15-6-8-36-25(15)31(52)37-7-4-3-5-18(39-29(50)22(13-55)43-30(51)24(34)16(2)45)26(47)41-20(10-23(33)46)28(49)40-19(9-17-11-35-14-38-17)27(48)42-21(12-44)32(53)54/h8,11,14-16,18-22,24-25,44-45,55H,3-7,9-10,12-13,34H2,1-2H3,(H2,33,46)(H,35,38)(H,37,52)(H,39,50)(H,40,49)(H,41,47)(H,42,48)(H,43,51)(H,53,54)/t15-,16-,18+,19+,20+,21+,22+,24+,25-/m1/s1. The fraction of sp³-hybridized carbons (Fsp3) is 0.625. The maximum atomic E-state index is 13.7. The van der Waals surface area contributed by atoms with Crippen LogP contribution in [-0.4, -0.2) is 146 Å². The van der Waals surface area contributed by atoms with Crippen molar-refractivity contribution in [3.8, 4) is 0 Å². The van der Waals surface area contributed by atoms with E-state index in [1.165, 1.54) is 19.4 Å². The first-order chi connectivity index (χ1) is 26.0. The van der Waals surface area contributed by atoms with Gasteiger partial charge in [-0.25, -0.2) is 9.78 Å². The van der Waals surface area contributed by atoms with Crippen LogP contribution in [0.5, 0.6) is 0 Å². The molecule has 1 aromatic rings. The van der Waals surface area contributed by atoms with Crippen molar-refractivity contribution in [1.82, 2.24) is 41.9 Å². The fourth-order valence-corrected chi connectivity index (χ4v) is 5.45. The minimum Gasteiger partial charge on any atom is -0.480 e. The first-order valence-corrected chi connectivity index (χ1v) is 18.1. The second-order valence-corrected chi connectivity index (χ2v) is 13.4. The molecular formula is C32H51N11O11S. The smallest absolute Gasteiger partial charge is 0.328 e. The van der Waals surface area contributed by atoms with Crippen molar-refractivity contribution < 1.29 is 53.7 Å². The second kappa shape index (κ2) is 22.9. The maximum absolute atomic E-state index is 13.7. The third-order valence-electron chi connectivity index (χ3n) is 8.49. The summed E-state index contributed by atoms with van der Waals surface area (Å²) in [5.74, 6) is -7.92. The Morgan fingerprint density at radius 1 is 0.909 bits per heavy atom. The molecule has 0 saturated carbocycles. The summed E-state index contributed by atoms with van der Waals surface area (Å²) in [5, 5.41) is 42.8. The number of aliphatic hydroxyl groups excluding tert-OH is 2. The highest BCUT2D eigenvalue weighted by Gasteiger charge is 2.34. The topological polar surface area (TPSA) is 363 Å². The predicted molar refractivity (Wildman–Crippen MR) is 197 cm³/mol. The number of aliphatic carboxylic acids is 1. The van der Waals surface area contributed by atoms with E-state index >= 15 is 0 Å². The minimum absolute atomic E-state index is 0.0431. The van der Waals surface area contributed by atoms with Gasteiger partial charge in [-0.05, 0) is 38.5 Å². The van der Waals surface area contributed by atoms with E-state index < -0.39 is 103 Å². The van der Waals surface area contributed by atoms with Crippen molar-refractivity contribution in [2.45, 2.75) is 101 Å². The van der Waals surface area contributed by atoms with Gasteiger partial charge in [-0.2, -0.15) is 12.6 Å². The molecule has 14 N–H and O–H groups in total. The summed E-state index contributed by atoms with van der Waals surface area (Å²) in [7, 11) is 0. The lowest BCUT2D eigenvalue weighted by Gasteiger charge is -2.26. The molecule has 0 saturated heterocycles. The normalized spacial score (nSPS) is 18.7. The molecular weight excluding hydrogens is 746 g/mol. The second-order valence-electron chi connectivity index (χ2n) is 13.0. The molecule has 1 aliphatic rings. The average Bonchev–Trinajstić information content (AvgIpc) is 3.81. The summed E-state index contributed by atoms with van der Waals surface area (Å²) in [6.45, 7) is 2.41. The van der Waals surface area contributed by atoms with E-state index in [9.17, 15) is 53.7 Å². The van der Waals surface area contributed by atoms with E-state index in [-0.39, 0.29) is 43.4 Å². The van der Waals surface area contributed by atoms with Crippen molar-refractivity contribution in [1.29, 1.82) is 0 Å². The van der Waals surface area contributed by atoms with Gasteiger partial charge >= 0.3 is 5.97 Å². The van der Waals surface area contributed by atoms with E-state index in [1.807, 2.05) is 6.92 Å². The summed E-state index contributed by atoms with van der Waals surface area (Å²) < 4.78 is 0. The number of aromatic nitrogens is 2. The molecule has 0 unspecified atom stereocenters. The largest absolute Gasteiger partial charge is 0.480 e. The SMILES string of the molecule is C[C@@H]1CC=N[C@H]1C(=O)NCCCC[C@H](NC(=O)[C@H](CS)NC(=O)[C@@H](N)[C@@H](C)O)C(=O)N[C@@H](CC(N)=O)C(=O)N[C@@H](Cc1cnc[nH]1)C(=O)N[C@@H](CO)C(=O)O. The van der Waals surface area contributed by atoms with Crippen LogP contribution in [0.3, 0.4) is 0 Å². The van der Waals surface area contributed by atoms with Gasteiger partial charge in [-0.1, -0.05) is 6.92 Å². The summed E-state index contributed by atoms with van der Waals surface area (Å²) in [4.78, 5) is 113. The highest BCUT2D eigenvalue weighted by molar-refractivity contribution is 7.80. The number of nitrogens with two attached hydrogens (primary N) is 2. The van der Waals surface area contributed by atoms with E-state index in [0.717, 1.165) is 0 Å². The van der Waals surface area contributed by atoms with Crippen molar-refractivity contribution >= 4 is 66.2 Å². The first-order valence-electron chi connectivity index (χ1n) is 17.4. The van der Waals surface area contributed by atoms with Crippen molar-refractivity contribution in [2.24, 2.45) is 22.4 Å². The predicted octanol–water partition coefficient (Wildman–Crippen LogP) is -5.27. The van der Waals surface area contributed by atoms with Gasteiger partial charge in [0.2, 0.25) is 41.4 Å². The molecule has 2 heterocycles. The van der Waals surface area contributed by atoms with Crippen LogP contribution in [0.4, 0.5) is 0 Å². The number of nitrogens with one attached hydrogen (secondary N) is 7. The minimum atomic E-state index is -1.72. The van der Waals surface area contributed by atoms with Gasteiger partial charge in [-0.15, -0.1) is 0 Å². The molecule has 1 aromatic heterocycles. The number of rotatable bonds is 24. The number of unbranched alkanes of at least 4 members (excludes halogenated alkanes) is 1. The molecule has 2 rings (SSSR count). The number of hydrogen-bond acceptors (Lipinski definition) is 14. The number of primary amides is 1. The number of hydrogen-bond donors (Lipinski definition) is 13. The summed E-state index contributed by atoms with van der Waals surface area (Å²) in [5.41, 5.74) is 11.4. The Bertz CT molecular complexity index is 1530. The number of imidazole rings is 1. The zero-order valence-corrected chi connectivity index (χ0v) is 31.3. The molecule has 0 aromatic carbocycles. The lowest BCUT2D eigenvalue weighted by Crippen LogP contribution is -2.60. The molecule has 7 amide bonds. The summed E-state index contributed by atoms with van der Waals surface area (Å²) in [6.07, 6.45) is 3.20. The Balaban J connectivity index is 2.27. The molecule has 22 nitrogen and oxygen atoms in total. The number of aromatic amines is 1. The van der Waals surface area contributed by atoms with E-state index in [1.54, 1.807) is 6.21 Å². The zero-order valence-electron chi connectivity index (χ0n) is 30.4. The van der Waals surface area contributed by atoms with Crippen molar-refractivity contribution in [2.75, 3.05) is 18.9 Å². The Hall–Kier alpha value is -5.13. The molecule has 0 aliphatic carbocycles. The van der Waals surface area contributed by atoms with Crippen LogP contribution in [0.25, 0.3) is 0 Å². The van der Waals surface area contributed by atoms with Crippen LogP contribution >= 0.6 is 12.6 Å². The highest BCUT2D eigenvalue weighted by Crippen LogP contribution is 2.16. The number of carboxylic acids is 1. The van der Waals surface area contributed by atoms with E-state index in [4.69, 9.17) is 11.5 Å². The van der Waals surface area contributed by atoms with Gasteiger partial charge < -0.3 is 63.7 Å². The fourth-order valence-electron chi connectivity index (χ4n) is 5.19. The number of amides is 7. The number of nitrogens with zero attached hydrogens (tertiary/aromatic N) is 2. The summed E-state index contributed by atoms with van der Waals surface area (Å²) >= 11 is 4.10.